The van der Waals surface area contributed by atoms with E-state index in [1.54, 1.807) is 0 Å². The molecule has 8 nitrogen and oxygen atoms in total. The molecule has 0 radical (unpaired) electrons. The molecule has 0 atom stereocenters. The van der Waals surface area contributed by atoms with Crippen LogP contribution in [-0.2, 0) is 20.2 Å². The van der Waals surface area contributed by atoms with Crippen LogP contribution >= 0.6 is 0 Å². The first-order valence-corrected chi connectivity index (χ1v) is 21.1. The van der Waals surface area contributed by atoms with Crippen molar-refractivity contribution in [2.45, 2.75) is 113 Å². The monoisotopic (exact) mass is 898 g/mol. The van der Waals surface area contributed by atoms with Gasteiger partial charge in [-0.3, -0.25) is 4.55 Å². The summed E-state index contributed by atoms with van der Waals surface area (Å²) in [5.74, 6) is -13.3. The lowest BCUT2D eigenvalue weighted by Gasteiger charge is -2.35. The van der Waals surface area contributed by atoms with Crippen LogP contribution in [0, 0.1) is 7.14 Å². The summed E-state index contributed by atoms with van der Waals surface area (Å²) in [6.07, 6.45) is 15.6. The first-order valence-electron chi connectivity index (χ1n) is 16.1. The average Bonchev–Trinajstić information content (AvgIpc) is 3.04. The predicted molar refractivity (Wildman–Crippen MR) is 169 cm³/mol. The molecular formula is C32H43F8IO8S2. The fourth-order valence-corrected chi connectivity index (χ4v) is 7.19. The maximum atomic E-state index is 12.6. The van der Waals surface area contributed by atoms with Crippen molar-refractivity contribution in [1.82, 2.24) is 0 Å². The Morgan fingerprint density at radius 3 is 1.20 bits per heavy atom. The van der Waals surface area contributed by atoms with E-state index >= 15 is 0 Å². The number of benzene rings is 2. The highest BCUT2D eigenvalue weighted by Crippen LogP contribution is 2.55. The van der Waals surface area contributed by atoms with Gasteiger partial charge in [0.25, 0.3) is 0 Å². The van der Waals surface area contributed by atoms with E-state index in [2.05, 4.69) is 62.4 Å². The molecule has 0 fully saturated rings. The molecule has 0 aromatic heterocycles. The molecular weight excluding hydrogens is 855 g/mol. The molecule has 2 rings (SSSR count). The summed E-state index contributed by atoms with van der Waals surface area (Å²) in [6, 6.07) is 17.4. The van der Waals surface area contributed by atoms with Crippen molar-refractivity contribution in [3.05, 3.63) is 55.7 Å². The predicted octanol–water partition coefficient (Wildman–Crippen LogP) is 6.17. The van der Waals surface area contributed by atoms with Crippen molar-refractivity contribution < 1.29 is 91.7 Å². The highest BCUT2D eigenvalue weighted by molar-refractivity contribution is 7.87. The third-order valence-corrected chi connectivity index (χ3v) is 11.6. The molecule has 0 aliphatic rings. The summed E-state index contributed by atoms with van der Waals surface area (Å²) in [6.45, 7) is 6.19. The minimum Gasteiger partial charge on any atom is -0.743 e. The highest BCUT2D eigenvalue weighted by atomic mass is 127. The van der Waals surface area contributed by atoms with Gasteiger partial charge in [0.05, 0.1) is 13.2 Å². The van der Waals surface area contributed by atoms with Crippen LogP contribution in [0.1, 0.15) is 90.9 Å². The van der Waals surface area contributed by atoms with Gasteiger partial charge in [0.1, 0.15) is 11.5 Å². The Hall–Kier alpha value is -1.97. The Bertz CT molecular complexity index is 1400. The second-order valence-electron chi connectivity index (χ2n) is 11.3. The van der Waals surface area contributed by atoms with Gasteiger partial charge in [0.2, 0.25) is 0 Å². The Balaban J connectivity index is 0.000000564. The van der Waals surface area contributed by atoms with Crippen LogP contribution in [0.3, 0.4) is 0 Å². The summed E-state index contributed by atoms with van der Waals surface area (Å²) < 4.78 is 171. The Morgan fingerprint density at radius 1 is 0.569 bits per heavy atom. The fourth-order valence-electron chi connectivity index (χ4n) is 4.14. The molecule has 51 heavy (non-hydrogen) atoms. The van der Waals surface area contributed by atoms with E-state index in [0.29, 0.717) is 0 Å². The second-order valence-corrected chi connectivity index (χ2v) is 17.3. The van der Waals surface area contributed by atoms with Crippen LogP contribution in [-0.4, -0.2) is 61.5 Å². The molecule has 1 N–H and O–H groups in total. The van der Waals surface area contributed by atoms with Crippen LogP contribution in [0.25, 0.3) is 0 Å². The molecule has 0 saturated heterocycles. The quantitative estimate of drug-likeness (QED) is 0.0608. The van der Waals surface area contributed by atoms with Gasteiger partial charge in [-0.2, -0.15) is 43.5 Å². The normalized spacial score (nSPS) is 13.0. The topological polar surface area (TPSA) is 130 Å². The van der Waals surface area contributed by atoms with Crippen molar-refractivity contribution in [1.29, 1.82) is 0 Å². The summed E-state index contributed by atoms with van der Waals surface area (Å²) in [5.41, 5.74) is 0. The van der Waals surface area contributed by atoms with Gasteiger partial charge >= 0.3 is 53.7 Å². The highest BCUT2D eigenvalue weighted by Gasteiger charge is 2.86. The van der Waals surface area contributed by atoms with E-state index in [9.17, 15) is 56.5 Å². The maximum Gasteiger partial charge on any atom is 0.438 e. The van der Waals surface area contributed by atoms with Gasteiger partial charge < -0.3 is 14.0 Å². The lowest BCUT2D eigenvalue weighted by atomic mass is 10.1. The third kappa shape index (κ3) is 14.1. The van der Waals surface area contributed by atoms with Crippen LogP contribution in [0.15, 0.2) is 48.5 Å². The van der Waals surface area contributed by atoms with Crippen LogP contribution in [0.5, 0.6) is 11.5 Å². The first-order chi connectivity index (χ1) is 23.6. The third-order valence-electron chi connectivity index (χ3n) is 7.14. The van der Waals surface area contributed by atoms with E-state index in [1.807, 2.05) is 0 Å². The minimum atomic E-state index is -7.64. The number of rotatable bonds is 23. The van der Waals surface area contributed by atoms with Crippen molar-refractivity contribution >= 4 is 20.2 Å². The van der Waals surface area contributed by atoms with E-state index in [0.717, 1.165) is 37.6 Å². The molecule has 2 aromatic rings. The molecule has 0 amide bonds. The van der Waals surface area contributed by atoms with Crippen LogP contribution in [0.2, 0.25) is 0 Å². The van der Waals surface area contributed by atoms with Gasteiger partial charge in [-0.15, -0.1) is 0 Å². The molecule has 0 aliphatic carbocycles. The lowest BCUT2D eigenvalue weighted by molar-refractivity contribution is -0.597. The summed E-state index contributed by atoms with van der Waals surface area (Å²) in [4.78, 5) is 0. The number of hydrogen-bond donors (Lipinski definition) is 1. The Kier molecular flexibility index (Phi) is 19.4. The number of ether oxygens (including phenoxy) is 2. The molecule has 0 bridgehead atoms. The van der Waals surface area contributed by atoms with Crippen LogP contribution in [0.4, 0.5) is 35.1 Å². The first kappa shape index (κ1) is 47.1. The molecule has 19 heteroatoms. The fraction of sp³-hybridized carbons (Fsp3) is 0.625. The minimum absolute atomic E-state index is 0.160. The summed E-state index contributed by atoms with van der Waals surface area (Å²) in [7, 11) is -14.9. The van der Waals surface area contributed by atoms with Crippen molar-refractivity contribution in [2.75, 3.05) is 13.2 Å². The Labute approximate surface area is 304 Å². The Morgan fingerprint density at radius 2 is 0.882 bits per heavy atom. The lowest BCUT2D eigenvalue weighted by Crippen LogP contribution is -3.61. The standard InChI is InChI=1S/C28H42IO2.C4H2F8O6S2/c1-3-5-7-9-11-13-23-30-27-19-15-25(16-20-27)29-26-17-21-28(22-18-26)31-24-14-12-10-8-6-4-2;5-1(6,3(9,10)19(13,14)15)2(7,8)4(11,12)20(16,17)18/h15-22H,3-14,23-24H2,1-2H3;(H,13,14,15)(H,16,17,18)/q+1;/p-1. The maximum absolute atomic E-state index is 12.6. The summed E-state index contributed by atoms with van der Waals surface area (Å²) >= 11 is -0.160. The molecule has 0 heterocycles. The molecule has 0 unspecified atom stereocenters. The molecule has 294 valence electrons. The summed E-state index contributed by atoms with van der Waals surface area (Å²) in [5, 5.41) is -14.5. The SMILES string of the molecule is CCCCCCCCOc1ccc([I+]c2ccc(OCCCCCCCC)cc2)cc1.O=S(=O)([O-])C(F)(F)C(F)(F)C(F)(F)C(F)(F)S(=O)(=O)O. The van der Waals surface area contributed by atoms with Crippen LogP contribution < -0.4 is 30.7 Å². The van der Waals surface area contributed by atoms with Gasteiger partial charge in [-0.25, -0.2) is 8.42 Å². The largest absolute Gasteiger partial charge is 0.743 e. The van der Waals surface area contributed by atoms with Crippen molar-refractivity contribution in [3.8, 4) is 11.5 Å². The zero-order valence-corrected chi connectivity index (χ0v) is 31.8. The zero-order valence-electron chi connectivity index (χ0n) is 28.0. The van der Waals surface area contributed by atoms with Gasteiger partial charge in [-0.05, 0) is 61.4 Å². The van der Waals surface area contributed by atoms with Gasteiger partial charge in [0.15, 0.2) is 17.3 Å². The van der Waals surface area contributed by atoms with Crippen molar-refractivity contribution in [2.24, 2.45) is 0 Å². The molecule has 0 spiro atoms. The van der Waals surface area contributed by atoms with E-state index in [4.69, 9.17) is 14.0 Å². The number of halogens is 9. The smallest absolute Gasteiger partial charge is 0.438 e. The average molecular weight is 899 g/mol. The number of unbranched alkanes of at least 4 members (excludes halogenated alkanes) is 10. The molecule has 2 aromatic carbocycles. The van der Waals surface area contributed by atoms with E-state index in [-0.39, 0.29) is 21.2 Å². The van der Waals surface area contributed by atoms with E-state index in [1.165, 1.54) is 71.3 Å². The second kappa shape index (κ2) is 21.1. The van der Waals surface area contributed by atoms with Gasteiger partial charge in [-0.1, -0.05) is 78.1 Å². The van der Waals surface area contributed by atoms with E-state index < -0.39 is 42.6 Å². The zero-order chi connectivity index (χ0) is 39.0. The van der Waals surface area contributed by atoms with Gasteiger partial charge in [0, 0.05) is 0 Å². The number of alkyl halides is 8. The number of hydrogen-bond acceptors (Lipinski definition) is 7. The molecule has 0 saturated carbocycles. The van der Waals surface area contributed by atoms with Crippen molar-refractivity contribution in [3.63, 3.8) is 0 Å². The molecule has 0 aliphatic heterocycles.